The van der Waals surface area contributed by atoms with Crippen LogP contribution in [0.5, 0.6) is 0 Å². The molecule has 0 spiro atoms. The van der Waals surface area contributed by atoms with Gasteiger partial charge in [-0.15, -0.1) is 0 Å². The Morgan fingerprint density at radius 3 is 2.18 bits per heavy atom. The largest absolute Gasteiger partial charge is 0.478 e. The topological polar surface area (TPSA) is 63.3 Å². The number of benzene rings is 2. The Hall–Kier alpha value is -2.00. The lowest BCUT2D eigenvalue weighted by molar-refractivity contribution is 0.0697. The van der Waals surface area contributed by atoms with Crippen LogP contribution in [0.25, 0.3) is 11.1 Å². The molecule has 0 fully saturated rings. The first kappa shape index (κ1) is 11.5. The average Bonchev–Trinajstić information content (AvgIpc) is 2.33. The second-order valence-electron chi connectivity index (χ2n) is 3.62. The van der Waals surface area contributed by atoms with E-state index in [4.69, 9.17) is 22.4 Å². The lowest BCUT2D eigenvalue weighted by Crippen LogP contribution is -1.95. The molecule has 0 atom stereocenters. The maximum atomic E-state index is 10.7. The Bertz CT molecular complexity index is 564. The van der Waals surface area contributed by atoms with E-state index in [0.29, 0.717) is 10.7 Å². The monoisotopic (exact) mass is 247 g/mol. The van der Waals surface area contributed by atoms with E-state index < -0.39 is 5.97 Å². The minimum atomic E-state index is -0.938. The number of halogens is 1. The molecule has 86 valence electrons. The van der Waals surface area contributed by atoms with Crippen molar-refractivity contribution in [2.45, 2.75) is 0 Å². The van der Waals surface area contributed by atoms with Crippen LogP contribution in [0.1, 0.15) is 10.4 Å². The number of carboxylic acid groups (broad SMARTS) is 1. The summed E-state index contributed by atoms with van der Waals surface area (Å²) in [5.74, 6) is -0.938. The van der Waals surface area contributed by atoms with Gasteiger partial charge < -0.3 is 10.8 Å². The fraction of sp³-hybridized carbons (Fsp3) is 0. The number of hydrogen-bond donors (Lipinski definition) is 2. The van der Waals surface area contributed by atoms with Crippen molar-refractivity contribution < 1.29 is 9.90 Å². The van der Waals surface area contributed by atoms with Gasteiger partial charge in [-0.25, -0.2) is 4.79 Å². The molecule has 0 aliphatic heterocycles. The van der Waals surface area contributed by atoms with Gasteiger partial charge in [0.15, 0.2) is 0 Å². The van der Waals surface area contributed by atoms with Crippen molar-refractivity contribution in [1.82, 2.24) is 0 Å². The summed E-state index contributed by atoms with van der Waals surface area (Å²) in [6.07, 6.45) is 0. The van der Waals surface area contributed by atoms with E-state index in [0.717, 1.165) is 11.1 Å². The standard InChI is InChI=1S/C13H10ClNO2/c14-11-7-10(5-6-12(11)15)8-1-3-9(4-2-8)13(16)17/h1-7H,15H2,(H,16,17). The Morgan fingerprint density at radius 1 is 1.06 bits per heavy atom. The molecule has 0 unspecified atom stereocenters. The molecule has 4 heteroatoms. The molecule has 0 amide bonds. The number of carbonyl (C=O) groups is 1. The van der Waals surface area contributed by atoms with Crippen molar-refractivity contribution >= 4 is 23.3 Å². The van der Waals surface area contributed by atoms with Gasteiger partial charge in [0, 0.05) is 0 Å². The summed E-state index contributed by atoms with van der Waals surface area (Å²) in [5.41, 5.74) is 8.21. The minimum absolute atomic E-state index is 0.260. The normalized spacial score (nSPS) is 10.2. The lowest BCUT2D eigenvalue weighted by Gasteiger charge is -2.04. The van der Waals surface area contributed by atoms with Crippen molar-refractivity contribution in [3.05, 3.63) is 53.1 Å². The van der Waals surface area contributed by atoms with E-state index in [9.17, 15) is 4.79 Å². The number of nitrogens with two attached hydrogens (primary N) is 1. The number of carboxylic acids is 1. The highest BCUT2D eigenvalue weighted by molar-refractivity contribution is 6.33. The van der Waals surface area contributed by atoms with Crippen LogP contribution < -0.4 is 5.73 Å². The maximum Gasteiger partial charge on any atom is 0.335 e. The Kier molecular flexibility index (Phi) is 3.02. The van der Waals surface area contributed by atoms with Crippen molar-refractivity contribution in [3.63, 3.8) is 0 Å². The third-order valence-electron chi connectivity index (χ3n) is 2.47. The van der Waals surface area contributed by atoms with Crippen molar-refractivity contribution in [2.24, 2.45) is 0 Å². The fourth-order valence-electron chi connectivity index (χ4n) is 1.51. The molecule has 0 aliphatic carbocycles. The van der Waals surface area contributed by atoms with Crippen molar-refractivity contribution in [1.29, 1.82) is 0 Å². The van der Waals surface area contributed by atoms with Crippen LogP contribution >= 0.6 is 11.6 Å². The Morgan fingerprint density at radius 2 is 1.65 bits per heavy atom. The van der Waals surface area contributed by atoms with Crippen LogP contribution in [0.2, 0.25) is 5.02 Å². The molecular weight excluding hydrogens is 238 g/mol. The number of rotatable bonds is 2. The van der Waals surface area contributed by atoms with Gasteiger partial charge in [0.05, 0.1) is 16.3 Å². The quantitative estimate of drug-likeness (QED) is 0.801. The smallest absolute Gasteiger partial charge is 0.335 e. The molecule has 0 radical (unpaired) electrons. The summed E-state index contributed by atoms with van der Waals surface area (Å²) in [7, 11) is 0. The summed E-state index contributed by atoms with van der Waals surface area (Å²) in [6.45, 7) is 0. The first-order valence-corrected chi connectivity index (χ1v) is 5.34. The van der Waals surface area contributed by atoms with Crippen molar-refractivity contribution in [2.75, 3.05) is 5.73 Å². The van der Waals surface area contributed by atoms with Gasteiger partial charge in [-0.05, 0) is 35.4 Å². The molecule has 3 nitrogen and oxygen atoms in total. The van der Waals surface area contributed by atoms with Gasteiger partial charge in [0.2, 0.25) is 0 Å². The highest BCUT2D eigenvalue weighted by Crippen LogP contribution is 2.27. The molecule has 0 saturated carbocycles. The first-order chi connectivity index (χ1) is 8.08. The minimum Gasteiger partial charge on any atom is -0.478 e. The summed E-state index contributed by atoms with van der Waals surface area (Å²) < 4.78 is 0. The van der Waals surface area contributed by atoms with Crippen LogP contribution in [0.4, 0.5) is 5.69 Å². The maximum absolute atomic E-state index is 10.7. The number of hydrogen-bond acceptors (Lipinski definition) is 2. The zero-order valence-electron chi connectivity index (χ0n) is 8.85. The third kappa shape index (κ3) is 2.40. The predicted molar refractivity (Wildman–Crippen MR) is 68.3 cm³/mol. The van der Waals surface area contributed by atoms with Gasteiger partial charge in [0.1, 0.15) is 0 Å². The highest BCUT2D eigenvalue weighted by Gasteiger charge is 2.04. The Labute approximate surface area is 103 Å². The molecule has 0 heterocycles. The second-order valence-corrected chi connectivity index (χ2v) is 4.03. The van der Waals surface area contributed by atoms with E-state index in [1.165, 1.54) is 0 Å². The SMILES string of the molecule is Nc1ccc(-c2ccc(C(=O)O)cc2)cc1Cl. The molecule has 0 aromatic heterocycles. The van der Waals surface area contributed by atoms with Gasteiger partial charge in [-0.3, -0.25) is 0 Å². The van der Waals surface area contributed by atoms with Gasteiger partial charge >= 0.3 is 5.97 Å². The van der Waals surface area contributed by atoms with Crippen LogP contribution in [0, 0.1) is 0 Å². The van der Waals surface area contributed by atoms with E-state index in [1.54, 1.807) is 36.4 Å². The first-order valence-electron chi connectivity index (χ1n) is 4.96. The summed E-state index contributed by atoms with van der Waals surface area (Å²) in [5, 5.41) is 9.28. The van der Waals surface area contributed by atoms with Crippen LogP contribution in [-0.2, 0) is 0 Å². The summed E-state index contributed by atoms with van der Waals surface area (Å²) in [4.78, 5) is 10.7. The van der Waals surface area contributed by atoms with Crippen LogP contribution in [-0.4, -0.2) is 11.1 Å². The molecule has 2 aromatic carbocycles. The fourth-order valence-corrected chi connectivity index (χ4v) is 1.69. The molecule has 0 bridgehead atoms. The van der Waals surface area contributed by atoms with Crippen LogP contribution in [0.15, 0.2) is 42.5 Å². The van der Waals surface area contributed by atoms with Crippen molar-refractivity contribution in [3.8, 4) is 11.1 Å². The second kappa shape index (κ2) is 4.47. The molecule has 17 heavy (non-hydrogen) atoms. The van der Waals surface area contributed by atoms with E-state index in [-0.39, 0.29) is 5.56 Å². The van der Waals surface area contributed by atoms with E-state index in [2.05, 4.69) is 0 Å². The highest BCUT2D eigenvalue weighted by atomic mass is 35.5. The number of aromatic carboxylic acids is 1. The van der Waals surface area contributed by atoms with E-state index in [1.807, 2.05) is 6.07 Å². The van der Waals surface area contributed by atoms with E-state index >= 15 is 0 Å². The molecular formula is C13H10ClNO2. The summed E-state index contributed by atoms with van der Waals surface area (Å²) in [6, 6.07) is 11.9. The zero-order chi connectivity index (χ0) is 12.4. The molecule has 0 saturated heterocycles. The molecule has 2 aromatic rings. The summed E-state index contributed by atoms with van der Waals surface area (Å²) >= 11 is 5.93. The van der Waals surface area contributed by atoms with Gasteiger partial charge in [-0.1, -0.05) is 29.8 Å². The molecule has 0 aliphatic rings. The lowest BCUT2D eigenvalue weighted by atomic mass is 10.0. The third-order valence-corrected chi connectivity index (χ3v) is 2.79. The Balaban J connectivity index is 2.39. The molecule has 2 rings (SSSR count). The average molecular weight is 248 g/mol. The number of nitrogen functional groups attached to an aromatic ring is 1. The van der Waals surface area contributed by atoms with Crippen LogP contribution in [0.3, 0.4) is 0 Å². The molecule has 3 N–H and O–H groups in total. The predicted octanol–water partition coefficient (Wildman–Crippen LogP) is 3.29. The zero-order valence-corrected chi connectivity index (χ0v) is 9.61. The number of anilines is 1. The van der Waals surface area contributed by atoms with Gasteiger partial charge in [-0.2, -0.15) is 0 Å². The van der Waals surface area contributed by atoms with Gasteiger partial charge in [0.25, 0.3) is 0 Å².